The molecule has 1 aromatic heterocycles. The average molecular weight is 463 g/mol. The van der Waals surface area contributed by atoms with Crippen molar-refractivity contribution in [2.24, 2.45) is 0 Å². The van der Waals surface area contributed by atoms with Gasteiger partial charge in [0.25, 0.3) is 0 Å². The van der Waals surface area contributed by atoms with Crippen LogP contribution in [0.2, 0.25) is 5.02 Å². The second kappa shape index (κ2) is 10.5. The average Bonchev–Trinajstić information content (AvgIpc) is 2.85. The molecule has 0 bridgehead atoms. The first-order valence-electron chi connectivity index (χ1n) is 11.0. The Hall–Kier alpha value is -3.38. The number of halogens is 1. The number of carbonyl (C=O) groups excluding carboxylic acids is 1. The summed E-state index contributed by atoms with van der Waals surface area (Å²) in [4.78, 5) is 23.2. The lowest BCUT2D eigenvalue weighted by atomic mass is 10.0. The zero-order valence-electron chi connectivity index (χ0n) is 18.7. The van der Waals surface area contributed by atoms with Crippen LogP contribution in [0, 0.1) is 0 Å². The van der Waals surface area contributed by atoms with E-state index in [4.69, 9.17) is 21.3 Å². The molecule has 0 atom stereocenters. The molecule has 2 heterocycles. The molecule has 0 spiro atoms. The number of benzene rings is 2. The second-order valence-corrected chi connectivity index (χ2v) is 8.40. The van der Waals surface area contributed by atoms with E-state index in [9.17, 15) is 4.79 Å². The Labute approximate surface area is 199 Å². The fraction of sp³-hybridized carbons (Fsp3) is 0.269. The molecule has 1 N–H and O–H groups in total. The first kappa shape index (κ1) is 22.8. The minimum atomic E-state index is -0.0311. The van der Waals surface area contributed by atoms with Crippen LogP contribution in [0.5, 0.6) is 5.75 Å². The van der Waals surface area contributed by atoms with Gasteiger partial charge in [-0.25, -0.2) is 9.97 Å². The summed E-state index contributed by atoms with van der Waals surface area (Å²) >= 11 is 6.49. The fourth-order valence-corrected chi connectivity index (χ4v) is 4.22. The van der Waals surface area contributed by atoms with Crippen molar-refractivity contribution in [1.82, 2.24) is 9.97 Å². The van der Waals surface area contributed by atoms with Crippen molar-refractivity contribution in [3.8, 4) is 17.0 Å². The monoisotopic (exact) mass is 462 g/mol. The van der Waals surface area contributed by atoms with E-state index in [0.717, 1.165) is 40.6 Å². The van der Waals surface area contributed by atoms with Crippen LogP contribution in [-0.4, -0.2) is 36.0 Å². The number of allylic oxidation sites excluding steroid dienone is 1. The molecule has 2 aromatic carbocycles. The third kappa shape index (κ3) is 5.52. The third-order valence-electron chi connectivity index (χ3n) is 5.68. The molecule has 0 amide bonds. The lowest BCUT2D eigenvalue weighted by Crippen LogP contribution is -2.29. The first-order valence-corrected chi connectivity index (χ1v) is 11.4. The van der Waals surface area contributed by atoms with Gasteiger partial charge in [0.2, 0.25) is 5.95 Å². The molecule has 1 saturated heterocycles. The number of nitrogens with one attached hydrogen (secondary N) is 1. The van der Waals surface area contributed by atoms with Crippen molar-refractivity contribution < 1.29 is 9.53 Å². The number of piperidine rings is 1. The highest BCUT2D eigenvalue weighted by atomic mass is 35.5. The normalized spacial score (nSPS) is 13.5. The molecule has 7 heteroatoms. The fourth-order valence-electron chi connectivity index (χ4n) is 3.99. The molecule has 33 heavy (non-hydrogen) atoms. The quantitative estimate of drug-likeness (QED) is 0.424. The Morgan fingerprint density at radius 3 is 2.79 bits per heavy atom. The molecule has 4 rings (SSSR count). The second-order valence-electron chi connectivity index (χ2n) is 8.00. The Balaban J connectivity index is 1.62. The largest absolute Gasteiger partial charge is 0.493 e. The summed E-state index contributed by atoms with van der Waals surface area (Å²) in [7, 11) is 1.59. The van der Waals surface area contributed by atoms with Crippen LogP contribution in [0.25, 0.3) is 11.3 Å². The summed E-state index contributed by atoms with van der Waals surface area (Å²) in [6.07, 6.45) is 6.89. The summed E-state index contributed by atoms with van der Waals surface area (Å²) in [6, 6.07) is 13.6. The Morgan fingerprint density at radius 2 is 2.03 bits per heavy atom. The maximum Gasteiger partial charge on any atom is 0.227 e. The molecule has 1 fully saturated rings. The van der Waals surface area contributed by atoms with Crippen LogP contribution < -0.4 is 15.0 Å². The molecular formula is C26H27ClN4O2. The summed E-state index contributed by atoms with van der Waals surface area (Å²) in [5.41, 5.74) is 4.26. The van der Waals surface area contributed by atoms with Crippen molar-refractivity contribution in [3.05, 3.63) is 71.9 Å². The zero-order valence-corrected chi connectivity index (χ0v) is 19.4. The van der Waals surface area contributed by atoms with Gasteiger partial charge >= 0.3 is 0 Å². The molecule has 0 aliphatic carbocycles. The maximum atomic E-state index is 11.8. The van der Waals surface area contributed by atoms with E-state index in [1.54, 1.807) is 13.3 Å². The number of ketones is 1. The van der Waals surface area contributed by atoms with Gasteiger partial charge in [-0.15, -0.1) is 0 Å². The van der Waals surface area contributed by atoms with E-state index in [1.165, 1.54) is 25.3 Å². The maximum absolute atomic E-state index is 11.8. The third-order valence-corrected chi connectivity index (χ3v) is 6.00. The summed E-state index contributed by atoms with van der Waals surface area (Å²) in [5, 5.41) is 4.04. The highest BCUT2D eigenvalue weighted by Crippen LogP contribution is 2.33. The number of methoxy groups -OCH3 is 1. The minimum Gasteiger partial charge on any atom is -0.493 e. The van der Waals surface area contributed by atoms with E-state index in [1.807, 2.05) is 42.5 Å². The molecule has 6 nitrogen and oxygen atoms in total. The lowest BCUT2D eigenvalue weighted by molar-refractivity contribution is -0.114. The van der Waals surface area contributed by atoms with Gasteiger partial charge < -0.3 is 15.0 Å². The predicted octanol–water partition coefficient (Wildman–Crippen LogP) is 5.84. The molecule has 3 aromatic rings. The van der Waals surface area contributed by atoms with Gasteiger partial charge in [-0.1, -0.05) is 36.4 Å². The van der Waals surface area contributed by atoms with E-state index < -0.39 is 0 Å². The molecule has 0 saturated carbocycles. The van der Waals surface area contributed by atoms with Crippen LogP contribution in [0.4, 0.5) is 17.3 Å². The van der Waals surface area contributed by atoms with Crippen LogP contribution in [0.3, 0.4) is 0 Å². The number of ether oxygens (including phenoxy) is 1. The van der Waals surface area contributed by atoms with Crippen molar-refractivity contribution in [1.29, 1.82) is 0 Å². The van der Waals surface area contributed by atoms with Gasteiger partial charge in [0, 0.05) is 30.8 Å². The molecule has 0 radical (unpaired) electrons. The van der Waals surface area contributed by atoms with E-state index in [2.05, 4.69) is 21.8 Å². The van der Waals surface area contributed by atoms with Gasteiger partial charge in [-0.05, 0) is 55.2 Å². The summed E-state index contributed by atoms with van der Waals surface area (Å²) < 4.78 is 5.50. The van der Waals surface area contributed by atoms with Crippen LogP contribution in [0.1, 0.15) is 24.8 Å². The van der Waals surface area contributed by atoms with Gasteiger partial charge in [-0.2, -0.15) is 0 Å². The highest BCUT2D eigenvalue weighted by Gasteiger charge is 2.16. The predicted molar refractivity (Wildman–Crippen MR) is 134 cm³/mol. The number of anilines is 3. The number of rotatable bonds is 8. The summed E-state index contributed by atoms with van der Waals surface area (Å²) in [6.45, 7) is 5.57. The van der Waals surface area contributed by atoms with Gasteiger partial charge in [0.05, 0.1) is 24.0 Å². The Morgan fingerprint density at radius 1 is 1.21 bits per heavy atom. The van der Waals surface area contributed by atoms with Gasteiger partial charge in [0.1, 0.15) is 5.69 Å². The number of nitrogens with zero attached hydrogens (tertiary/aromatic N) is 3. The minimum absolute atomic E-state index is 0.0311. The molecular weight excluding hydrogens is 436 g/mol. The topological polar surface area (TPSA) is 67.4 Å². The van der Waals surface area contributed by atoms with E-state index in [-0.39, 0.29) is 5.78 Å². The van der Waals surface area contributed by atoms with Crippen molar-refractivity contribution in [3.63, 3.8) is 0 Å². The summed E-state index contributed by atoms with van der Waals surface area (Å²) in [5.74, 6) is 0.972. The van der Waals surface area contributed by atoms with Crippen molar-refractivity contribution >= 4 is 34.7 Å². The molecule has 170 valence electrons. The van der Waals surface area contributed by atoms with Crippen molar-refractivity contribution in [2.75, 3.05) is 30.4 Å². The Bertz CT molecular complexity index is 1160. The molecule has 0 unspecified atom stereocenters. The van der Waals surface area contributed by atoms with Crippen LogP contribution in [-0.2, 0) is 11.2 Å². The SMILES string of the molecule is C=CC(=O)Cc1cccc(-c2nc(Nc3ccc(Cl)c(N4CCCCC4)c3)ncc2OC)c1. The Kier molecular flexibility index (Phi) is 7.25. The van der Waals surface area contributed by atoms with E-state index in [0.29, 0.717) is 23.8 Å². The smallest absolute Gasteiger partial charge is 0.227 e. The number of hydrogen-bond donors (Lipinski definition) is 1. The first-order chi connectivity index (χ1) is 16.1. The van der Waals surface area contributed by atoms with E-state index >= 15 is 0 Å². The van der Waals surface area contributed by atoms with Gasteiger partial charge in [-0.3, -0.25) is 4.79 Å². The number of hydrogen-bond acceptors (Lipinski definition) is 6. The molecule has 1 aliphatic rings. The lowest BCUT2D eigenvalue weighted by Gasteiger charge is -2.30. The number of carbonyl (C=O) groups is 1. The zero-order chi connectivity index (χ0) is 23.2. The van der Waals surface area contributed by atoms with Crippen LogP contribution in [0.15, 0.2) is 61.3 Å². The van der Waals surface area contributed by atoms with Crippen molar-refractivity contribution in [2.45, 2.75) is 25.7 Å². The van der Waals surface area contributed by atoms with Crippen LogP contribution >= 0.6 is 11.6 Å². The van der Waals surface area contributed by atoms with Gasteiger partial charge in [0.15, 0.2) is 11.5 Å². The highest BCUT2D eigenvalue weighted by molar-refractivity contribution is 6.33. The number of aromatic nitrogens is 2. The molecule has 1 aliphatic heterocycles. The standard InChI is InChI=1S/C26H27ClN4O2/c1-3-21(32)15-18-8-7-9-19(14-18)25-24(33-2)17-28-26(30-25)29-20-10-11-22(27)23(16-20)31-12-5-4-6-13-31/h3,7-11,14,16-17H,1,4-6,12-13,15H2,2H3,(H,28,29,30).